The van der Waals surface area contributed by atoms with E-state index in [2.05, 4.69) is 4.90 Å². The van der Waals surface area contributed by atoms with Crippen LogP contribution in [0.25, 0.3) is 0 Å². The van der Waals surface area contributed by atoms with Crippen molar-refractivity contribution >= 4 is 26.0 Å². The molecule has 1 fully saturated rings. The lowest BCUT2D eigenvalue weighted by atomic mass is 10.1. The summed E-state index contributed by atoms with van der Waals surface area (Å²) in [5, 5.41) is 0. The van der Waals surface area contributed by atoms with Crippen molar-refractivity contribution in [3.63, 3.8) is 0 Å². The van der Waals surface area contributed by atoms with Gasteiger partial charge in [0.05, 0.1) is 0 Å². The highest BCUT2D eigenvalue weighted by Gasteiger charge is 2.21. The van der Waals surface area contributed by atoms with Gasteiger partial charge in [0.15, 0.2) is 0 Å². The van der Waals surface area contributed by atoms with Gasteiger partial charge >= 0.3 is 15.3 Å². The predicted molar refractivity (Wildman–Crippen MR) is 54.9 cm³/mol. The molecule has 1 N–H and O–H groups in total. The molecule has 1 amide bonds. The zero-order valence-electron chi connectivity index (χ0n) is 8.27. The van der Waals surface area contributed by atoms with Crippen molar-refractivity contribution in [1.29, 1.82) is 0 Å². The molecule has 1 aliphatic rings. The molecule has 8 heteroatoms. The summed E-state index contributed by atoms with van der Waals surface area (Å²) in [7, 11) is 2.75. The van der Waals surface area contributed by atoms with Crippen LogP contribution in [0, 0.1) is 0 Å². The number of carbonyl (C=O) groups is 1. The van der Waals surface area contributed by atoms with Crippen LogP contribution < -0.4 is 4.72 Å². The molecule has 88 valence electrons. The molecule has 0 aromatic carbocycles. The summed E-state index contributed by atoms with van der Waals surface area (Å²) in [5.41, 5.74) is 0. The van der Waals surface area contributed by atoms with Crippen molar-refractivity contribution in [3.05, 3.63) is 0 Å². The second-order valence-electron chi connectivity index (χ2n) is 3.45. The number of amides is 1. The van der Waals surface area contributed by atoms with E-state index in [0.717, 1.165) is 13.1 Å². The number of nitrogens with zero attached hydrogens (tertiary/aromatic N) is 1. The van der Waals surface area contributed by atoms with E-state index in [4.69, 9.17) is 15.4 Å². The third-order valence-electron chi connectivity index (χ3n) is 2.14. The average Bonchev–Trinajstić information content (AvgIpc) is 2.05. The molecule has 0 aromatic heterocycles. The van der Waals surface area contributed by atoms with Crippen LogP contribution in [-0.4, -0.2) is 45.7 Å². The smallest absolute Gasteiger partial charge is 0.422 e. The van der Waals surface area contributed by atoms with Crippen molar-refractivity contribution in [2.75, 3.05) is 20.1 Å². The van der Waals surface area contributed by atoms with E-state index in [1.807, 2.05) is 7.05 Å². The molecule has 0 saturated carbocycles. The molecular weight excluding hydrogens is 244 g/mol. The van der Waals surface area contributed by atoms with Crippen molar-refractivity contribution in [2.24, 2.45) is 0 Å². The van der Waals surface area contributed by atoms with Crippen molar-refractivity contribution in [1.82, 2.24) is 9.62 Å². The Kier molecular flexibility index (Phi) is 4.18. The maximum atomic E-state index is 11.0. The number of nitrogens with one attached hydrogen (secondary N) is 1. The number of piperidine rings is 1. The Bertz CT molecular complexity index is 324. The molecule has 0 unspecified atom stereocenters. The minimum Gasteiger partial charge on any atom is -0.445 e. The average molecular weight is 257 g/mol. The van der Waals surface area contributed by atoms with E-state index in [9.17, 15) is 13.2 Å². The molecule has 0 aromatic rings. The van der Waals surface area contributed by atoms with E-state index in [1.54, 1.807) is 4.72 Å². The van der Waals surface area contributed by atoms with Crippen LogP contribution in [-0.2, 0) is 14.0 Å². The van der Waals surface area contributed by atoms with Crippen LogP contribution in [0.5, 0.6) is 0 Å². The lowest BCUT2D eigenvalue weighted by molar-refractivity contribution is 0.0609. The lowest BCUT2D eigenvalue weighted by Gasteiger charge is -2.28. The zero-order valence-corrected chi connectivity index (χ0v) is 9.84. The number of rotatable bonds is 2. The molecule has 1 aliphatic heterocycles. The SMILES string of the molecule is CN1CCC(OC(=O)NS(=O)(=O)Cl)CC1. The van der Waals surface area contributed by atoms with Gasteiger partial charge in [-0.3, -0.25) is 0 Å². The first-order valence-corrected chi connectivity index (χ1v) is 6.79. The topological polar surface area (TPSA) is 75.7 Å². The summed E-state index contributed by atoms with van der Waals surface area (Å²) in [6.45, 7) is 1.65. The predicted octanol–water partition coefficient (Wildman–Crippen LogP) is 0.290. The minimum atomic E-state index is -4.05. The maximum absolute atomic E-state index is 11.0. The fourth-order valence-corrected chi connectivity index (χ4v) is 1.81. The molecule has 1 rings (SSSR count). The van der Waals surface area contributed by atoms with Crippen LogP contribution >= 0.6 is 10.7 Å². The molecule has 0 radical (unpaired) electrons. The second kappa shape index (κ2) is 5.00. The third-order valence-corrected chi connectivity index (χ3v) is 2.79. The number of carbonyl (C=O) groups excluding carboxylic acids is 1. The van der Waals surface area contributed by atoms with Crippen LogP contribution in [0.2, 0.25) is 0 Å². The number of hydrogen-bond acceptors (Lipinski definition) is 5. The molecule has 6 nitrogen and oxygen atoms in total. The van der Waals surface area contributed by atoms with Gasteiger partial charge in [-0.2, -0.15) is 8.42 Å². The van der Waals surface area contributed by atoms with E-state index in [0.29, 0.717) is 12.8 Å². The lowest BCUT2D eigenvalue weighted by Crippen LogP contribution is -2.38. The van der Waals surface area contributed by atoms with Crippen molar-refractivity contribution in [2.45, 2.75) is 18.9 Å². The number of hydrogen-bond donors (Lipinski definition) is 1. The molecule has 0 bridgehead atoms. The number of likely N-dealkylation sites (tertiary alicyclic amines) is 1. The van der Waals surface area contributed by atoms with Crippen molar-refractivity contribution in [3.8, 4) is 0 Å². The van der Waals surface area contributed by atoms with Gasteiger partial charge in [-0.1, -0.05) is 0 Å². The Balaban J connectivity index is 2.33. The van der Waals surface area contributed by atoms with Gasteiger partial charge in [-0.05, 0) is 19.9 Å². The number of halogens is 1. The van der Waals surface area contributed by atoms with Gasteiger partial charge in [0.25, 0.3) is 0 Å². The van der Waals surface area contributed by atoms with Crippen LogP contribution in [0.15, 0.2) is 0 Å². The van der Waals surface area contributed by atoms with Crippen LogP contribution in [0.1, 0.15) is 12.8 Å². The second-order valence-corrected chi connectivity index (χ2v) is 5.75. The molecular formula is C7H13ClN2O4S. The van der Waals surface area contributed by atoms with Gasteiger partial charge in [0, 0.05) is 23.8 Å². The van der Waals surface area contributed by atoms with Gasteiger partial charge in [0.1, 0.15) is 6.10 Å². The first kappa shape index (κ1) is 12.5. The highest BCUT2D eigenvalue weighted by molar-refractivity contribution is 8.12. The summed E-state index contributed by atoms with van der Waals surface area (Å²) in [6, 6.07) is 0. The van der Waals surface area contributed by atoms with E-state index in [1.165, 1.54) is 0 Å². The van der Waals surface area contributed by atoms with Crippen LogP contribution in [0.4, 0.5) is 4.79 Å². The molecule has 1 saturated heterocycles. The maximum Gasteiger partial charge on any atom is 0.422 e. The minimum absolute atomic E-state index is 0.236. The summed E-state index contributed by atoms with van der Waals surface area (Å²) in [6.07, 6.45) is 0.151. The Hall–Kier alpha value is -0.530. The summed E-state index contributed by atoms with van der Waals surface area (Å²) in [4.78, 5) is 13.1. The Morgan fingerprint density at radius 3 is 2.47 bits per heavy atom. The van der Waals surface area contributed by atoms with E-state index < -0.39 is 15.3 Å². The molecule has 15 heavy (non-hydrogen) atoms. The molecule has 0 aliphatic carbocycles. The van der Waals surface area contributed by atoms with E-state index >= 15 is 0 Å². The van der Waals surface area contributed by atoms with Crippen molar-refractivity contribution < 1.29 is 17.9 Å². The van der Waals surface area contributed by atoms with Gasteiger partial charge < -0.3 is 9.64 Å². The van der Waals surface area contributed by atoms with Gasteiger partial charge in [-0.15, -0.1) is 0 Å². The normalized spacial score (nSPS) is 19.9. The first-order valence-electron chi connectivity index (χ1n) is 4.48. The summed E-state index contributed by atoms with van der Waals surface area (Å²) in [5.74, 6) is 0. The third kappa shape index (κ3) is 5.19. The highest BCUT2D eigenvalue weighted by Crippen LogP contribution is 2.12. The number of ether oxygens (including phenoxy) is 1. The standard InChI is InChI=1S/C7H13ClN2O4S/c1-10-4-2-6(3-5-10)14-7(11)9-15(8,12)13/h6H,2-5H2,1H3,(H,9,11). The summed E-state index contributed by atoms with van der Waals surface area (Å²) < 4.78 is 27.4. The fraction of sp³-hybridized carbons (Fsp3) is 0.857. The Morgan fingerprint density at radius 2 is 2.00 bits per heavy atom. The fourth-order valence-electron chi connectivity index (χ4n) is 1.38. The van der Waals surface area contributed by atoms with Gasteiger partial charge in [0.2, 0.25) is 0 Å². The largest absolute Gasteiger partial charge is 0.445 e. The van der Waals surface area contributed by atoms with Crippen LogP contribution in [0.3, 0.4) is 0 Å². The first-order chi connectivity index (χ1) is 6.87. The molecule has 0 atom stereocenters. The summed E-state index contributed by atoms with van der Waals surface area (Å²) >= 11 is 0. The monoisotopic (exact) mass is 256 g/mol. The highest BCUT2D eigenvalue weighted by atomic mass is 35.7. The Labute approximate surface area is 93.1 Å². The quantitative estimate of drug-likeness (QED) is 0.719. The zero-order chi connectivity index (χ0) is 11.5. The van der Waals surface area contributed by atoms with Gasteiger partial charge in [-0.25, -0.2) is 9.52 Å². The Morgan fingerprint density at radius 1 is 1.47 bits per heavy atom. The molecule has 0 spiro atoms. The van der Waals surface area contributed by atoms with E-state index in [-0.39, 0.29) is 6.10 Å². The molecule has 1 heterocycles.